The molecule has 0 bridgehead atoms. The van der Waals surface area contributed by atoms with Gasteiger partial charge in [0.15, 0.2) is 0 Å². The quantitative estimate of drug-likeness (QED) is 0.225. The number of imide groups is 2. The number of nitrogens with one attached hydrogen (secondary N) is 2. The molecule has 8 rings (SSSR count). The topological polar surface area (TPSA) is 196 Å². The van der Waals surface area contributed by atoms with E-state index in [1.807, 2.05) is 19.1 Å². The Balaban J connectivity index is 0.778. The molecule has 326 valence electrons. The minimum absolute atomic E-state index is 0.0433. The van der Waals surface area contributed by atoms with Crippen molar-refractivity contribution in [3.63, 3.8) is 0 Å². The molecule has 5 aliphatic rings. The molecule has 4 heterocycles. The van der Waals surface area contributed by atoms with Crippen LogP contribution in [0.3, 0.4) is 0 Å². The number of hydrogen-bond donors (Lipinski definition) is 2. The van der Waals surface area contributed by atoms with Crippen LogP contribution in [-0.2, 0) is 9.59 Å². The summed E-state index contributed by atoms with van der Waals surface area (Å²) >= 11 is 0. The van der Waals surface area contributed by atoms with E-state index in [1.165, 1.54) is 7.11 Å². The van der Waals surface area contributed by atoms with Crippen LogP contribution in [0.1, 0.15) is 120 Å². The zero-order chi connectivity index (χ0) is 43.7. The SMILES string of the molecule is COc1cc(OC2CC(N(CC3CCN(c4cnc(C(=O)NC5CCC(Oc6ccc(C#N)c(C)c6)CC5)cn4)CC3)C(C)C)C2)cc2c1C(=O)N(C1CCC(=O)NC1=O)C2=O. The second-order valence-corrected chi connectivity index (χ2v) is 17.5. The maximum atomic E-state index is 13.5. The Morgan fingerprint density at radius 3 is 2.32 bits per heavy atom. The molecule has 2 aromatic carbocycles. The Hall–Kier alpha value is -6.08. The van der Waals surface area contributed by atoms with E-state index in [0.717, 1.165) is 93.0 Å². The molecule has 5 amide bonds. The number of aryl methyl sites for hydroxylation is 1. The highest BCUT2D eigenvalue weighted by Crippen LogP contribution is 2.40. The Morgan fingerprint density at radius 2 is 1.68 bits per heavy atom. The summed E-state index contributed by atoms with van der Waals surface area (Å²) in [5.74, 6) is 0.150. The summed E-state index contributed by atoms with van der Waals surface area (Å²) in [4.78, 5) is 79.1. The number of benzene rings is 2. The van der Waals surface area contributed by atoms with E-state index in [2.05, 4.69) is 50.3 Å². The molecule has 3 aromatic rings. The molecule has 3 aliphatic heterocycles. The number of nitriles is 1. The van der Waals surface area contributed by atoms with E-state index >= 15 is 0 Å². The van der Waals surface area contributed by atoms with Gasteiger partial charge in [-0.3, -0.25) is 39.1 Å². The van der Waals surface area contributed by atoms with Crippen molar-refractivity contribution in [2.24, 2.45) is 5.92 Å². The standard InChI is InChI=1S/C46H54N8O8/c1-26(2)53(31-18-34(19-31)62-35-20-36-42(39(21-35)60-4)46(59)54(45(36)58)38-11-12-41(55)51-44(38)57)25-28-13-15-52(16-14-28)40-24-48-37(23-49-40)43(56)50-30-6-9-32(10-7-30)61-33-8-5-29(22-47)27(3)17-33/h5,8,17,20-21,23-24,26,28,30-32,34,38H,6-7,9-16,18-19,25H2,1-4H3,(H,50,56)(H,51,55,57). The van der Waals surface area contributed by atoms with Crippen LogP contribution in [0.4, 0.5) is 5.82 Å². The minimum Gasteiger partial charge on any atom is -0.496 e. The van der Waals surface area contributed by atoms with Gasteiger partial charge in [0, 0.05) is 63.1 Å². The number of aromatic nitrogens is 2. The molecule has 1 aromatic heterocycles. The lowest BCUT2D eigenvalue weighted by Gasteiger charge is -2.46. The monoisotopic (exact) mass is 846 g/mol. The predicted octanol–water partition coefficient (Wildman–Crippen LogP) is 4.72. The molecule has 16 nitrogen and oxygen atoms in total. The fourth-order valence-corrected chi connectivity index (χ4v) is 9.50. The summed E-state index contributed by atoms with van der Waals surface area (Å²) in [7, 11) is 1.42. The first kappa shape index (κ1) is 42.6. The Kier molecular flexibility index (Phi) is 12.4. The van der Waals surface area contributed by atoms with Crippen LogP contribution in [-0.4, -0.2) is 112 Å². The van der Waals surface area contributed by atoms with Crippen molar-refractivity contribution in [1.29, 1.82) is 5.26 Å². The number of carbonyl (C=O) groups is 5. The van der Waals surface area contributed by atoms with Gasteiger partial charge in [0.2, 0.25) is 11.8 Å². The van der Waals surface area contributed by atoms with Crippen LogP contribution in [0.5, 0.6) is 17.2 Å². The summed E-state index contributed by atoms with van der Waals surface area (Å²) in [5.41, 5.74) is 2.07. The van der Waals surface area contributed by atoms with Crippen molar-refractivity contribution in [2.75, 3.05) is 31.6 Å². The summed E-state index contributed by atoms with van der Waals surface area (Å²) in [6, 6.07) is 10.6. The molecule has 2 saturated carbocycles. The first-order valence-corrected chi connectivity index (χ1v) is 21.8. The number of piperidine rings is 2. The Morgan fingerprint density at radius 1 is 0.935 bits per heavy atom. The van der Waals surface area contributed by atoms with Gasteiger partial charge in [-0.25, -0.2) is 9.97 Å². The first-order chi connectivity index (χ1) is 29.9. The van der Waals surface area contributed by atoms with E-state index in [1.54, 1.807) is 30.6 Å². The number of fused-ring (bicyclic) bond motifs is 1. The smallest absolute Gasteiger partial charge is 0.271 e. The van der Waals surface area contributed by atoms with Gasteiger partial charge >= 0.3 is 0 Å². The van der Waals surface area contributed by atoms with Crippen molar-refractivity contribution in [3.05, 3.63) is 70.7 Å². The number of hydrogen-bond acceptors (Lipinski definition) is 13. The van der Waals surface area contributed by atoms with E-state index in [9.17, 15) is 29.2 Å². The average molecular weight is 847 g/mol. The number of carbonyl (C=O) groups excluding carboxylic acids is 5. The molecular formula is C46H54N8O8. The second kappa shape index (κ2) is 18.1. The van der Waals surface area contributed by atoms with Gasteiger partial charge in [0.1, 0.15) is 40.9 Å². The second-order valence-electron chi connectivity index (χ2n) is 17.5. The van der Waals surface area contributed by atoms with Gasteiger partial charge in [0.05, 0.1) is 48.4 Å². The maximum absolute atomic E-state index is 13.5. The third kappa shape index (κ3) is 8.95. The molecule has 2 saturated heterocycles. The molecule has 0 spiro atoms. The Labute approximate surface area is 361 Å². The zero-order valence-electron chi connectivity index (χ0n) is 35.7. The summed E-state index contributed by atoms with van der Waals surface area (Å²) < 4.78 is 18.1. The number of rotatable bonds is 13. The lowest BCUT2D eigenvalue weighted by atomic mass is 9.85. The van der Waals surface area contributed by atoms with Crippen LogP contribution in [0.25, 0.3) is 0 Å². The zero-order valence-corrected chi connectivity index (χ0v) is 35.7. The molecule has 16 heteroatoms. The van der Waals surface area contributed by atoms with Crippen molar-refractivity contribution in [1.82, 2.24) is 30.4 Å². The van der Waals surface area contributed by atoms with Gasteiger partial charge in [-0.15, -0.1) is 0 Å². The van der Waals surface area contributed by atoms with E-state index in [-0.39, 0.29) is 53.9 Å². The molecule has 2 aliphatic carbocycles. The fourth-order valence-electron chi connectivity index (χ4n) is 9.50. The van der Waals surface area contributed by atoms with Crippen LogP contribution >= 0.6 is 0 Å². The van der Waals surface area contributed by atoms with E-state index < -0.39 is 29.7 Å². The highest BCUT2D eigenvalue weighted by atomic mass is 16.5. The largest absolute Gasteiger partial charge is 0.496 e. The summed E-state index contributed by atoms with van der Waals surface area (Å²) in [6.45, 7) is 9.01. The van der Waals surface area contributed by atoms with Gasteiger partial charge in [0.25, 0.3) is 17.7 Å². The van der Waals surface area contributed by atoms with Crippen LogP contribution in [0.2, 0.25) is 0 Å². The van der Waals surface area contributed by atoms with Crippen molar-refractivity contribution in [2.45, 2.75) is 121 Å². The van der Waals surface area contributed by atoms with Crippen molar-refractivity contribution in [3.8, 4) is 23.3 Å². The average Bonchev–Trinajstić information content (AvgIpc) is 3.50. The number of anilines is 1. The molecule has 62 heavy (non-hydrogen) atoms. The highest BCUT2D eigenvalue weighted by Gasteiger charge is 2.47. The summed E-state index contributed by atoms with van der Waals surface area (Å²) in [5, 5.41) is 14.5. The molecule has 4 fully saturated rings. The third-order valence-corrected chi connectivity index (χ3v) is 13.1. The highest BCUT2D eigenvalue weighted by molar-refractivity contribution is 6.24. The molecule has 0 radical (unpaired) electrons. The first-order valence-electron chi connectivity index (χ1n) is 21.8. The van der Waals surface area contributed by atoms with Gasteiger partial charge in [-0.1, -0.05) is 0 Å². The lowest BCUT2D eigenvalue weighted by Crippen LogP contribution is -2.54. The normalized spacial score (nSPS) is 24.0. The Bertz CT molecular complexity index is 2260. The minimum atomic E-state index is -1.06. The number of amides is 5. The number of methoxy groups -OCH3 is 1. The third-order valence-electron chi connectivity index (χ3n) is 13.1. The van der Waals surface area contributed by atoms with Crippen LogP contribution in [0, 0.1) is 24.2 Å². The summed E-state index contributed by atoms with van der Waals surface area (Å²) in [6.07, 6.45) is 10.3. The fraction of sp³-hybridized carbons (Fsp3) is 0.522. The number of nitrogens with zero attached hydrogens (tertiary/aromatic N) is 6. The van der Waals surface area contributed by atoms with Crippen LogP contribution < -0.4 is 29.7 Å². The molecule has 1 atom stereocenters. The van der Waals surface area contributed by atoms with Crippen LogP contribution in [0.15, 0.2) is 42.7 Å². The molecular weight excluding hydrogens is 793 g/mol. The van der Waals surface area contributed by atoms with Crippen molar-refractivity contribution < 1.29 is 38.2 Å². The number of ether oxygens (including phenoxy) is 3. The molecule has 1 unspecified atom stereocenters. The van der Waals surface area contributed by atoms with Crippen molar-refractivity contribution >= 4 is 35.4 Å². The van der Waals surface area contributed by atoms with E-state index in [4.69, 9.17) is 14.2 Å². The van der Waals surface area contributed by atoms with Gasteiger partial charge in [-0.2, -0.15) is 5.26 Å². The maximum Gasteiger partial charge on any atom is 0.271 e. The molecule has 2 N–H and O–H groups in total. The predicted molar refractivity (Wildman–Crippen MR) is 226 cm³/mol. The van der Waals surface area contributed by atoms with E-state index in [0.29, 0.717) is 35.0 Å². The lowest BCUT2D eigenvalue weighted by molar-refractivity contribution is -0.136. The van der Waals surface area contributed by atoms with Gasteiger partial charge < -0.3 is 24.4 Å². The van der Waals surface area contributed by atoms with Gasteiger partial charge in [-0.05, 0) is 101 Å².